The molecule has 0 aliphatic rings. The van der Waals surface area contributed by atoms with Crippen LogP contribution >= 0.6 is 0 Å². The Morgan fingerprint density at radius 1 is 0.760 bits per heavy atom. The molecule has 1 unspecified atom stereocenters. The van der Waals surface area contributed by atoms with Crippen LogP contribution in [0, 0.1) is 0 Å². The fraction of sp³-hybridized carbons (Fsp3) is 0.130. The number of fused-ring (bicyclic) bond motifs is 1. The minimum Gasteiger partial charge on any atom is -0.391 e. The largest absolute Gasteiger partial charge is 0.391 e. The van der Waals surface area contributed by atoms with E-state index >= 15 is 0 Å². The lowest BCUT2D eigenvalue weighted by Gasteiger charge is -2.13. The van der Waals surface area contributed by atoms with E-state index in [0.717, 1.165) is 11.1 Å². The summed E-state index contributed by atoms with van der Waals surface area (Å²) in [6.07, 6.45) is 2.34. The Hall–Kier alpha value is -2.84. The van der Waals surface area contributed by atoms with Crippen molar-refractivity contribution in [2.75, 3.05) is 0 Å². The third-order valence-corrected chi connectivity index (χ3v) is 4.62. The van der Waals surface area contributed by atoms with E-state index in [4.69, 9.17) is 0 Å². The first kappa shape index (κ1) is 15.7. The zero-order valence-electron chi connectivity index (χ0n) is 14.0. The number of aromatic nitrogens is 1. The number of aliphatic hydroxyl groups excluding tert-OH is 1. The summed E-state index contributed by atoms with van der Waals surface area (Å²) >= 11 is 0. The van der Waals surface area contributed by atoms with Crippen molar-refractivity contribution in [1.29, 1.82) is 0 Å². The van der Waals surface area contributed by atoms with Crippen LogP contribution in [0.4, 0.5) is 0 Å². The van der Waals surface area contributed by atoms with E-state index in [9.17, 15) is 5.11 Å². The van der Waals surface area contributed by atoms with Crippen LogP contribution in [-0.2, 0) is 13.0 Å². The van der Waals surface area contributed by atoms with Crippen molar-refractivity contribution in [1.82, 2.24) is 4.57 Å². The molecule has 1 atom stereocenters. The summed E-state index contributed by atoms with van der Waals surface area (Å²) in [4.78, 5) is 0. The highest BCUT2D eigenvalue weighted by Gasteiger charge is 2.11. The summed E-state index contributed by atoms with van der Waals surface area (Å²) in [5.74, 6) is 0. The van der Waals surface area contributed by atoms with Gasteiger partial charge in [-0.05, 0) is 28.8 Å². The van der Waals surface area contributed by atoms with E-state index in [-0.39, 0.29) is 0 Å². The average molecular weight is 327 g/mol. The molecule has 2 nitrogen and oxygen atoms in total. The molecule has 0 saturated heterocycles. The molecule has 25 heavy (non-hydrogen) atoms. The molecule has 4 rings (SSSR count). The third kappa shape index (κ3) is 3.35. The minimum absolute atomic E-state index is 0.404. The quantitative estimate of drug-likeness (QED) is 0.553. The molecule has 0 fully saturated rings. The summed E-state index contributed by atoms with van der Waals surface area (Å²) in [5.41, 5.74) is 4.77. The molecule has 0 aliphatic heterocycles. The molecule has 124 valence electrons. The van der Waals surface area contributed by atoms with Gasteiger partial charge in [0, 0.05) is 30.1 Å². The molecule has 0 radical (unpaired) electrons. The van der Waals surface area contributed by atoms with Crippen LogP contribution in [-0.4, -0.2) is 15.8 Å². The zero-order valence-corrected chi connectivity index (χ0v) is 14.0. The SMILES string of the molecule is OC(Cc1ccccc1)Cn1ccc2c(-c3ccccc3)cccc21. The van der Waals surface area contributed by atoms with Crippen molar-refractivity contribution >= 4 is 10.9 Å². The van der Waals surface area contributed by atoms with Crippen LogP contribution in [0.3, 0.4) is 0 Å². The van der Waals surface area contributed by atoms with Gasteiger partial charge in [0.25, 0.3) is 0 Å². The van der Waals surface area contributed by atoms with Gasteiger partial charge in [0.2, 0.25) is 0 Å². The van der Waals surface area contributed by atoms with Crippen LogP contribution in [0.25, 0.3) is 22.0 Å². The van der Waals surface area contributed by atoms with E-state index in [1.54, 1.807) is 0 Å². The standard InChI is InChI=1S/C23H21NO/c25-20(16-18-8-3-1-4-9-18)17-24-15-14-22-21(12-7-13-23(22)24)19-10-5-2-6-11-19/h1-15,20,25H,16-17H2. The molecule has 0 bridgehead atoms. The predicted octanol–water partition coefficient (Wildman–Crippen LogP) is 4.91. The van der Waals surface area contributed by atoms with Crippen molar-refractivity contribution < 1.29 is 5.11 Å². The van der Waals surface area contributed by atoms with E-state index in [1.165, 1.54) is 16.5 Å². The van der Waals surface area contributed by atoms with Crippen LogP contribution in [0.5, 0.6) is 0 Å². The highest BCUT2D eigenvalue weighted by atomic mass is 16.3. The number of nitrogens with zero attached hydrogens (tertiary/aromatic N) is 1. The van der Waals surface area contributed by atoms with E-state index < -0.39 is 6.10 Å². The van der Waals surface area contributed by atoms with Gasteiger partial charge in [-0.2, -0.15) is 0 Å². The maximum absolute atomic E-state index is 10.5. The molecule has 0 spiro atoms. The first-order valence-corrected chi connectivity index (χ1v) is 8.66. The third-order valence-electron chi connectivity index (χ3n) is 4.62. The van der Waals surface area contributed by atoms with Crippen LogP contribution in [0.2, 0.25) is 0 Å². The van der Waals surface area contributed by atoms with Crippen molar-refractivity contribution in [3.05, 3.63) is 96.7 Å². The Kier molecular flexibility index (Phi) is 4.36. The summed E-state index contributed by atoms with van der Waals surface area (Å²) in [6, 6.07) is 29.1. The topological polar surface area (TPSA) is 25.2 Å². The highest BCUT2D eigenvalue weighted by Crippen LogP contribution is 2.29. The van der Waals surface area contributed by atoms with Gasteiger partial charge in [-0.3, -0.25) is 0 Å². The molecule has 4 aromatic rings. The second-order valence-electron chi connectivity index (χ2n) is 6.42. The molecule has 1 aromatic heterocycles. The fourth-order valence-corrected chi connectivity index (χ4v) is 3.43. The maximum Gasteiger partial charge on any atom is 0.0759 e. The van der Waals surface area contributed by atoms with Gasteiger partial charge in [0.05, 0.1) is 6.10 Å². The number of rotatable bonds is 5. The Morgan fingerprint density at radius 2 is 1.48 bits per heavy atom. The minimum atomic E-state index is -0.404. The second kappa shape index (κ2) is 6.96. The summed E-state index contributed by atoms with van der Waals surface area (Å²) in [6.45, 7) is 0.594. The molecule has 2 heteroatoms. The van der Waals surface area contributed by atoms with Crippen LogP contribution < -0.4 is 0 Å². The normalized spacial score (nSPS) is 12.4. The van der Waals surface area contributed by atoms with E-state index in [0.29, 0.717) is 13.0 Å². The lowest BCUT2D eigenvalue weighted by atomic mass is 10.0. The zero-order chi connectivity index (χ0) is 17.1. The Labute approximate surface area is 148 Å². The van der Waals surface area contributed by atoms with Crippen LogP contribution in [0.1, 0.15) is 5.56 Å². The summed E-state index contributed by atoms with van der Waals surface area (Å²) in [7, 11) is 0. The van der Waals surface area contributed by atoms with Gasteiger partial charge < -0.3 is 9.67 Å². The van der Waals surface area contributed by atoms with E-state index in [1.807, 2.05) is 24.3 Å². The molecule has 1 heterocycles. The summed E-state index contributed by atoms with van der Waals surface area (Å²) < 4.78 is 2.15. The highest BCUT2D eigenvalue weighted by molar-refractivity contribution is 5.95. The smallest absolute Gasteiger partial charge is 0.0759 e. The summed E-state index contributed by atoms with van der Waals surface area (Å²) in [5, 5.41) is 11.7. The monoisotopic (exact) mass is 327 g/mol. The lowest BCUT2D eigenvalue weighted by molar-refractivity contribution is 0.156. The predicted molar refractivity (Wildman–Crippen MR) is 104 cm³/mol. The maximum atomic E-state index is 10.5. The fourth-order valence-electron chi connectivity index (χ4n) is 3.43. The van der Waals surface area contributed by atoms with Crippen molar-refractivity contribution in [3.8, 4) is 11.1 Å². The van der Waals surface area contributed by atoms with Gasteiger partial charge in [0.15, 0.2) is 0 Å². The van der Waals surface area contributed by atoms with Gasteiger partial charge in [-0.1, -0.05) is 72.8 Å². The molecule has 0 aliphatic carbocycles. The lowest BCUT2D eigenvalue weighted by Crippen LogP contribution is -2.18. The first-order valence-electron chi connectivity index (χ1n) is 8.66. The van der Waals surface area contributed by atoms with Crippen molar-refractivity contribution in [2.45, 2.75) is 19.1 Å². The molecule has 0 amide bonds. The van der Waals surface area contributed by atoms with Crippen molar-refractivity contribution in [2.24, 2.45) is 0 Å². The van der Waals surface area contributed by atoms with Crippen molar-refractivity contribution in [3.63, 3.8) is 0 Å². The number of aliphatic hydroxyl groups is 1. The molecular formula is C23H21NO. The second-order valence-corrected chi connectivity index (χ2v) is 6.42. The first-order chi connectivity index (χ1) is 12.3. The molecular weight excluding hydrogens is 306 g/mol. The van der Waals surface area contributed by atoms with E-state index in [2.05, 4.69) is 71.4 Å². The molecule has 3 aromatic carbocycles. The Morgan fingerprint density at radius 3 is 2.24 bits per heavy atom. The Bertz CT molecular complexity index is 957. The van der Waals surface area contributed by atoms with Gasteiger partial charge in [0.1, 0.15) is 0 Å². The number of benzene rings is 3. The van der Waals surface area contributed by atoms with Gasteiger partial charge in [-0.15, -0.1) is 0 Å². The molecule has 1 N–H and O–H groups in total. The van der Waals surface area contributed by atoms with Gasteiger partial charge in [-0.25, -0.2) is 0 Å². The number of hydrogen-bond donors (Lipinski definition) is 1. The van der Waals surface area contributed by atoms with Crippen LogP contribution in [0.15, 0.2) is 91.1 Å². The number of hydrogen-bond acceptors (Lipinski definition) is 1. The average Bonchev–Trinajstić information content (AvgIpc) is 3.06. The van der Waals surface area contributed by atoms with Gasteiger partial charge >= 0.3 is 0 Å². The Balaban J connectivity index is 1.61. The molecule has 0 saturated carbocycles.